The third kappa shape index (κ3) is 4.38. The van der Waals surface area contributed by atoms with Gasteiger partial charge in [-0.05, 0) is 12.5 Å². The third-order valence-corrected chi connectivity index (χ3v) is 3.31. The van der Waals surface area contributed by atoms with Crippen LogP contribution in [0.4, 0.5) is 10.7 Å². The molecule has 0 aromatic carbocycles. The fourth-order valence-electron chi connectivity index (χ4n) is 1.34. The number of nitrogen functional groups attached to an aromatic ring is 1. The molecule has 0 aliphatic heterocycles. The van der Waals surface area contributed by atoms with Crippen LogP contribution in [0.5, 0.6) is 0 Å². The summed E-state index contributed by atoms with van der Waals surface area (Å²) in [6.45, 7) is 5.48. The van der Waals surface area contributed by atoms with Gasteiger partial charge in [-0.1, -0.05) is 6.08 Å². The molecule has 1 aromatic heterocycles. The van der Waals surface area contributed by atoms with Crippen molar-refractivity contribution in [3.05, 3.63) is 23.6 Å². The first-order chi connectivity index (χ1) is 8.69. The Bertz CT molecular complexity index is 404. The van der Waals surface area contributed by atoms with Crippen LogP contribution in [0.15, 0.2) is 18.7 Å². The number of hydrogen-bond acceptors (Lipinski definition) is 5. The fourth-order valence-corrected chi connectivity index (χ4v) is 2.26. The average Bonchev–Trinajstić information content (AvgIpc) is 2.73. The van der Waals surface area contributed by atoms with Gasteiger partial charge in [0.15, 0.2) is 0 Å². The van der Waals surface area contributed by atoms with Crippen molar-refractivity contribution in [3.63, 3.8) is 0 Å². The van der Waals surface area contributed by atoms with Gasteiger partial charge in [0.05, 0.1) is 10.7 Å². The Morgan fingerprint density at radius 3 is 3.11 bits per heavy atom. The molecule has 1 aromatic rings. The number of hydrogen-bond donors (Lipinski definition) is 3. The van der Waals surface area contributed by atoms with Crippen LogP contribution in [0, 0.1) is 0 Å². The Labute approximate surface area is 111 Å². The number of methoxy groups -OCH3 is 1. The molecule has 0 bridgehead atoms. The molecule has 1 heterocycles. The van der Waals surface area contributed by atoms with Gasteiger partial charge < -0.3 is 21.1 Å². The third-order valence-electron chi connectivity index (χ3n) is 2.20. The molecule has 0 atom stereocenters. The minimum Gasteiger partial charge on any atom is -0.397 e. The van der Waals surface area contributed by atoms with Crippen molar-refractivity contribution >= 4 is 27.9 Å². The van der Waals surface area contributed by atoms with E-state index in [0.29, 0.717) is 23.7 Å². The quantitative estimate of drug-likeness (QED) is 0.496. The lowest BCUT2D eigenvalue weighted by Gasteiger charge is -2.02. The molecule has 0 aliphatic rings. The Kier molecular flexibility index (Phi) is 6.24. The number of carbonyl (C=O) groups is 1. The van der Waals surface area contributed by atoms with E-state index >= 15 is 0 Å². The predicted octanol–water partition coefficient (Wildman–Crippen LogP) is 1.69. The molecule has 1 amide bonds. The van der Waals surface area contributed by atoms with Crippen LogP contribution in [0.25, 0.3) is 0 Å². The highest BCUT2D eigenvalue weighted by atomic mass is 32.1. The minimum absolute atomic E-state index is 0.164. The van der Waals surface area contributed by atoms with E-state index in [2.05, 4.69) is 17.2 Å². The van der Waals surface area contributed by atoms with Crippen LogP contribution in [0.2, 0.25) is 0 Å². The first kappa shape index (κ1) is 14.5. The Hall–Kier alpha value is -1.53. The van der Waals surface area contributed by atoms with E-state index in [1.165, 1.54) is 11.3 Å². The zero-order valence-electron chi connectivity index (χ0n) is 10.5. The fraction of sp³-hybridized carbons (Fsp3) is 0.417. The van der Waals surface area contributed by atoms with Gasteiger partial charge in [-0.15, -0.1) is 17.9 Å². The van der Waals surface area contributed by atoms with Crippen molar-refractivity contribution < 1.29 is 9.53 Å². The summed E-state index contributed by atoms with van der Waals surface area (Å²) in [5.74, 6) is -0.164. The molecule has 4 N–H and O–H groups in total. The van der Waals surface area contributed by atoms with E-state index in [9.17, 15) is 4.79 Å². The highest BCUT2D eigenvalue weighted by Crippen LogP contribution is 2.28. The molecule has 0 saturated carbocycles. The molecule has 5 nitrogen and oxygen atoms in total. The summed E-state index contributed by atoms with van der Waals surface area (Å²) in [6, 6.07) is 1.78. The normalized spacial score (nSPS) is 10.1. The molecule has 1 rings (SSSR count). The van der Waals surface area contributed by atoms with Crippen LogP contribution in [0.1, 0.15) is 16.1 Å². The van der Waals surface area contributed by atoms with Crippen molar-refractivity contribution in [2.75, 3.05) is 37.9 Å². The first-order valence-corrected chi connectivity index (χ1v) is 6.52. The number of nitrogens with two attached hydrogens (primary N) is 1. The van der Waals surface area contributed by atoms with Crippen molar-refractivity contribution in [1.29, 1.82) is 0 Å². The summed E-state index contributed by atoms with van der Waals surface area (Å²) in [6.07, 6.45) is 2.54. The summed E-state index contributed by atoms with van der Waals surface area (Å²) >= 11 is 1.35. The van der Waals surface area contributed by atoms with E-state index in [-0.39, 0.29) is 5.91 Å². The molecule has 0 aliphatic carbocycles. The SMILES string of the molecule is C=CCNC(=O)c1sc(NCCCOC)cc1N. The second-order valence-electron chi connectivity index (χ2n) is 3.67. The van der Waals surface area contributed by atoms with Gasteiger partial charge in [0, 0.05) is 26.8 Å². The Morgan fingerprint density at radius 1 is 1.67 bits per heavy atom. The van der Waals surface area contributed by atoms with Crippen molar-refractivity contribution in [2.45, 2.75) is 6.42 Å². The predicted molar refractivity (Wildman–Crippen MR) is 76.2 cm³/mol. The van der Waals surface area contributed by atoms with Crippen LogP contribution < -0.4 is 16.4 Å². The van der Waals surface area contributed by atoms with Gasteiger partial charge in [0.1, 0.15) is 4.88 Å². The largest absolute Gasteiger partial charge is 0.397 e. The van der Waals surface area contributed by atoms with Crippen LogP contribution in [-0.2, 0) is 4.74 Å². The van der Waals surface area contributed by atoms with Crippen LogP contribution in [-0.4, -0.2) is 32.7 Å². The number of rotatable bonds is 8. The van der Waals surface area contributed by atoms with Gasteiger partial charge in [0.2, 0.25) is 0 Å². The van der Waals surface area contributed by atoms with Gasteiger partial charge in [-0.2, -0.15) is 0 Å². The molecule has 0 unspecified atom stereocenters. The van der Waals surface area contributed by atoms with E-state index in [0.717, 1.165) is 18.0 Å². The Balaban J connectivity index is 2.52. The van der Waals surface area contributed by atoms with Crippen molar-refractivity contribution in [2.24, 2.45) is 0 Å². The Morgan fingerprint density at radius 2 is 2.44 bits per heavy atom. The van der Waals surface area contributed by atoms with E-state index in [1.807, 2.05) is 0 Å². The second-order valence-corrected chi connectivity index (χ2v) is 4.72. The standard InChI is InChI=1S/C12H19N3O2S/c1-3-5-15-12(16)11-9(13)8-10(18-11)14-6-4-7-17-2/h3,8,14H,1,4-7,13H2,2H3,(H,15,16). The molecule has 100 valence electrons. The molecule has 0 spiro atoms. The maximum Gasteiger partial charge on any atom is 0.263 e. The molecule has 0 fully saturated rings. The van der Waals surface area contributed by atoms with Crippen LogP contribution >= 0.6 is 11.3 Å². The first-order valence-electron chi connectivity index (χ1n) is 5.70. The smallest absolute Gasteiger partial charge is 0.263 e. The topological polar surface area (TPSA) is 76.4 Å². The molecule has 0 saturated heterocycles. The number of amides is 1. The summed E-state index contributed by atoms with van der Waals surface area (Å²) < 4.78 is 4.96. The van der Waals surface area contributed by atoms with E-state index in [1.54, 1.807) is 19.3 Å². The van der Waals surface area contributed by atoms with Crippen molar-refractivity contribution in [3.8, 4) is 0 Å². The lowest BCUT2D eigenvalue weighted by molar-refractivity contribution is 0.0963. The number of anilines is 2. The minimum atomic E-state index is -0.164. The van der Waals surface area contributed by atoms with Gasteiger partial charge >= 0.3 is 0 Å². The second kappa shape index (κ2) is 7.73. The summed E-state index contributed by atoms with van der Waals surface area (Å²) in [5, 5.41) is 6.81. The highest BCUT2D eigenvalue weighted by Gasteiger charge is 2.13. The number of carbonyl (C=O) groups excluding carboxylic acids is 1. The maximum atomic E-state index is 11.7. The number of ether oxygens (including phenoxy) is 1. The van der Waals surface area contributed by atoms with Crippen molar-refractivity contribution in [1.82, 2.24) is 5.32 Å². The lowest BCUT2D eigenvalue weighted by atomic mass is 10.3. The lowest BCUT2D eigenvalue weighted by Crippen LogP contribution is -2.22. The maximum absolute atomic E-state index is 11.7. The number of nitrogens with one attached hydrogen (secondary N) is 2. The van der Waals surface area contributed by atoms with Crippen LogP contribution in [0.3, 0.4) is 0 Å². The van der Waals surface area contributed by atoms with Gasteiger partial charge in [0.25, 0.3) is 5.91 Å². The molecule has 0 radical (unpaired) electrons. The summed E-state index contributed by atoms with van der Waals surface area (Å²) in [4.78, 5) is 12.3. The van der Waals surface area contributed by atoms with Gasteiger partial charge in [-0.25, -0.2) is 0 Å². The molecule has 18 heavy (non-hydrogen) atoms. The zero-order valence-corrected chi connectivity index (χ0v) is 11.3. The average molecular weight is 269 g/mol. The monoisotopic (exact) mass is 269 g/mol. The van der Waals surface area contributed by atoms with Gasteiger partial charge in [-0.3, -0.25) is 4.79 Å². The molecule has 6 heteroatoms. The van der Waals surface area contributed by atoms with E-state index in [4.69, 9.17) is 10.5 Å². The zero-order chi connectivity index (χ0) is 13.4. The number of thiophene rings is 1. The molecular formula is C12H19N3O2S. The summed E-state index contributed by atoms with van der Waals surface area (Å²) in [5.41, 5.74) is 6.30. The highest BCUT2D eigenvalue weighted by molar-refractivity contribution is 7.18. The molecular weight excluding hydrogens is 250 g/mol. The van der Waals surface area contributed by atoms with E-state index < -0.39 is 0 Å². The summed E-state index contributed by atoms with van der Waals surface area (Å²) in [7, 11) is 1.67.